The minimum absolute atomic E-state index is 0.127. The highest BCUT2D eigenvalue weighted by molar-refractivity contribution is 6.39. The van der Waals surface area contributed by atoms with Crippen LogP contribution in [0.1, 0.15) is 17.2 Å². The molecule has 0 heterocycles. The van der Waals surface area contributed by atoms with Gasteiger partial charge in [0.2, 0.25) is 12.2 Å². The number of ketones is 1. The number of nitrogens with one attached hydrogen (secondary N) is 1. The number of halogens is 1. The summed E-state index contributed by atoms with van der Waals surface area (Å²) >= 11 is 5.97. The molecule has 0 saturated carbocycles. The zero-order chi connectivity index (χ0) is 22.2. The first-order valence-corrected chi connectivity index (χ1v) is 9.91. The highest BCUT2D eigenvalue weighted by atomic mass is 35.5. The number of anilines is 1. The third-order valence-corrected chi connectivity index (χ3v) is 4.92. The van der Waals surface area contributed by atoms with E-state index in [1.165, 1.54) is 12.0 Å². The number of methoxy groups -OCH3 is 1. The number of Topliss-reactive ketones (excluding diaryl/α,β-unsaturated/α-hetero) is 1. The molecule has 7 heteroatoms. The summed E-state index contributed by atoms with van der Waals surface area (Å²) in [7, 11) is 1.47. The van der Waals surface area contributed by atoms with Gasteiger partial charge in [-0.1, -0.05) is 66.2 Å². The van der Waals surface area contributed by atoms with Crippen LogP contribution < -0.4 is 15.0 Å². The van der Waals surface area contributed by atoms with Gasteiger partial charge in [-0.05, 0) is 35.4 Å². The summed E-state index contributed by atoms with van der Waals surface area (Å²) in [4.78, 5) is 39.3. The maximum atomic E-state index is 13.2. The van der Waals surface area contributed by atoms with Crippen molar-refractivity contribution in [1.29, 1.82) is 0 Å². The van der Waals surface area contributed by atoms with Crippen LogP contribution in [0.2, 0.25) is 5.02 Å². The van der Waals surface area contributed by atoms with Crippen LogP contribution in [0.5, 0.6) is 5.75 Å². The van der Waals surface area contributed by atoms with E-state index >= 15 is 0 Å². The Labute approximate surface area is 185 Å². The molecule has 3 rings (SSSR count). The van der Waals surface area contributed by atoms with Crippen molar-refractivity contribution >= 4 is 35.4 Å². The Morgan fingerprint density at radius 3 is 2.42 bits per heavy atom. The van der Waals surface area contributed by atoms with Gasteiger partial charge in [-0.3, -0.25) is 19.3 Å². The van der Waals surface area contributed by atoms with E-state index in [2.05, 4.69) is 5.32 Å². The van der Waals surface area contributed by atoms with E-state index in [9.17, 15) is 14.4 Å². The second kappa shape index (κ2) is 10.4. The van der Waals surface area contributed by atoms with E-state index in [4.69, 9.17) is 16.3 Å². The molecule has 1 N–H and O–H groups in total. The predicted octanol–water partition coefficient (Wildman–Crippen LogP) is 3.94. The van der Waals surface area contributed by atoms with Gasteiger partial charge in [0.05, 0.1) is 12.8 Å². The average Bonchev–Trinajstić information content (AvgIpc) is 2.81. The number of ether oxygens (including phenoxy) is 1. The summed E-state index contributed by atoms with van der Waals surface area (Å²) in [6.07, 6.45) is 0.525. The van der Waals surface area contributed by atoms with Crippen molar-refractivity contribution in [3.8, 4) is 5.75 Å². The fraction of sp³-hybridized carbons (Fsp3) is 0.125. The van der Waals surface area contributed by atoms with Crippen LogP contribution >= 0.6 is 11.6 Å². The number of para-hydroxylation sites is 2. The highest BCUT2D eigenvalue weighted by Gasteiger charge is 2.33. The van der Waals surface area contributed by atoms with E-state index in [0.717, 1.165) is 5.56 Å². The Kier molecular flexibility index (Phi) is 7.40. The van der Waals surface area contributed by atoms with Crippen LogP contribution in [0.15, 0.2) is 78.9 Å². The maximum Gasteiger partial charge on any atom is 0.290 e. The van der Waals surface area contributed by atoms with E-state index in [1.54, 1.807) is 78.9 Å². The van der Waals surface area contributed by atoms with Gasteiger partial charge >= 0.3 is 0 Å². The van der Waals surface area contributed by atoms with Crippen molar-refractivity contribution in [1.82, 2.24) is 5.32 Å². The van der Waals surface area contributed by atoms with Crippen molar-refractivity contribution in [2.45, 2.75) is 12.6 Å². The second-order valence-corrected chi connectivity index (χ2v) is 7.11. The molecule has 0 aliphatic rings. The molecule has 0 aliphatic carbocycles. The van der Waals surface area contributed by atoms with Gasteiger partial charge in [-0.25, -0.2) is 0 Å². The minimum atomic E-state index is -1.16. The number of carbonyl (C=O) groups is 3. The van der Waals surface area contributed by atoms with Gasteiger partial charge in [0, 0.05) is 11.6 Å². The van der Waals surface area contributed by atoms with Crippen molar-refractivity contribution in [2.75, 3.05) is 12.0 Å². The van der Waals surface area contributed by atoms with Crippen molar-refractivity contribution < 1.29 is 19.1 Å². The standard InChI is InChI=1S/C24H21ClN2O4/c1-31-21-13-6-5-12-20(21)27(16-28)22(18-9-3-2-4-10-18)23(29)24(30)26-15-17-8-7-11-19(25)14-17/h2-14,16,22H,15H2,1H3,(H,26,30). The van der Waals surface area contributed by atoms with E-state index in [-0.39, 0.29) is 6.54 Å². The summed E-state index contributed by atoms with van der Waals surface area (Å²) in [6.45, 7) is 0.127. The molecule has 0 fully saturated rings. The lowest BCUT2D eigenvalue weighted by molar-refractivity contribution is -0.139. The molecule has 6 nitrogen and oxygen atoms in total. The quantitative estimate of drug-likeness (QED) is 0.407. The third-order valence-electron chi connectivity index (χ3n) is 4.68. The van der Waals surface area contributed by atoms with Crippen LogP contribution in [0.4, 0.5) is 5.69 Å². The van der Waals surface area contributed by atoms with Gasteiger partial charge in [-0.2, -0.15) is 0 Å². The van der Waals surface area contributed by atoms with Gasteiger partial charge in [-0.15, -0.1) is 0 Å². The molecule has 158 valence electrons. The van der Waals surface area contributed by atoms with Crippen LogP contribution in [-0.4, -0.2) is 25.2 Å². The molecule has 0 aromatic heterocycles. The van der Waals surface area contributed by atoms with Gasteiger partial charge in [0.25, 0.3) is 5.91 Å². The van der Waals surface area contributed by atoms with Crippen molar-refractivity contribution in [3.05, 3.63) is 95.0 Å². The lowest BCUT2D eigenvalue weighted by atomic mass is 9.99. The summed E-state index contributed by atoms with van der Waals surface area (Å²) in [5.41, 5.74) is 1.63. The maximum absolute atomic E-state index is 13.2. The summed E-state index contributed by atoms with van der Waals surface area (Å²) in [5, 5.41) is 3.15. The molecular formula is C24H21ClN2O4. The molecule has 2 amide bonds. The lowest BCUT2D eigenvalue weighted by Gasteiger charge is -2.28. The molecular weight excluding hydrogens is 416 g/mol. The number of rotatable bonds is 9. The normalized spacial score (nSPS) is 11.3. The number of hydrogen-bond acceptors (Lipinski definition) is 4. The molecule has 0 saturated heterocycles. The number of benzene rings is 3. The Morgan fingerprint density at radius 1 is 1.03 bits per heavy atom. The van der Waals surface area contributed by atoms with Crippen molar-refractivity contribution in [3.63, 3.8) is 0 Å². The molecule has 3 aromatic carbocycles. The Balaban J connectivity index is 1.92. The Bertz CT molecular complexity index is 1070. The van der Waals surface area contributed by atoms with E-state index in [1.807, 2.05) is 0 Å². The number of amides is 2. The Hall–Kier alpha value is -3.64. The second-order valence-electron chi connectivity index (χ2n) is 6.67. The summed E-state index contributed by atoms with van der Waals surface area (Å²) < 4.78 is 5.35. The molecule has 31 heavy (non-hydrogen) atoms. The largest absolute Gasteiger partial charge is 0.495 e. The number of nitrogens with zero attached hydrogens (tertiary/aromatic N) is 1. The van der Waals surface area contributed by atoms with Crippen LogP contribution in [0.3, 0.4) is 0 Å². The zero-order valence-electron chi connectivity index (χ0n) is 16.8. The Morgan fingerprint density at radius 2 is 1.74 bits per heavy atom. The molecule has 0 radical (unpaired) electrons. The highest BCUT2D eigenvalue weighted by Crippen LogP contribution is 2.33. The summed E-state index contributed by atoms with van der Waals surface area (Å²) in [5.74, 6) is -1.18. The van der Waals surface area contributed by atoms with Gasteiger partial charge in [0.1, 0.15) is 11.8 Å². The lowest BCUT2D eigenvalue weighted by Crippen LogP contribution is -2.41. The molecule has 1 atom stereocenters. The van der Waals surface area contributed by atoms with E-state index in [0.29, 0.717) is 28.4 Å². The van der Waals surface area contributed by atoms with Gasteiger partial charge in [0.15, 0.2) is 0 Å². The number of hydrogen-bond donors (Lipinski definition) is 1. The smallest absolute Gasteiger partial charge is 0.290 e. The molecule has 0 spiro atoms. The average molecular weight is 437 g/mol. The first-order valence-electron chi connectivity index (χ1n) is 9.53. The first kappa shape index (κ1) is 22.1. The monoisotopic (exact) mass is 436 g/mol. The van der Waals surface area contributed by atoms with Crippen LogP contribution in [0.25, 0.3) is 0 Å². The topological polar surface area (TPSA) is 75.7 Å². The fourth-order valence-corrected chi connectivity index (χ4v) is 3.43. The van der Waals surface area contributed by atoms with Crippen LogP contribution in [0, 0.1) is 0 Å². The van der Waals surface area contributed by atoms with Crippen LogP contribution in [-0.2, 0) is 20.9 Å². The summed E-state index contributed by atoms with van der Waals surface area (Å²) in [6, 6.07) is 21.3. The third kappa shape index (κ3) is 5.29. The zero-order valence-corrected chi connectivity index (χ0v) is 17.6. The van der Waals surface area contributed by atoms with E-state index < -0.39 is 17.7 Å². The molecule has 0 aliphatic heterocycles. The number of carbonyl (C=O) groups excluding carboxylic acids is 3. The first-order chi connectivity index (χ1) is 15.0. The fourth-order valence-electron chi connectivity index (χ4n) is 3.21. The molecule has 1 unspecified atom stereocenters. The minimum Gasteiger partial charge on any atom is -0.495 e. The van der Waals surface area contributed by atoms with Crippen molar-refractivity contribution in [2.24, 2.45) is 0 Å². The molecule has 0 bridgehead atoms. The SMILES string of the molecule is COc1ccccc1N(C=O)C(C(=O)C(=O)NCc1cccc(Cl)c1)c1ccccc1. The van der Waals surface area contributed by atoms with Gasteiger partial charge < -0.3 is 10.1 Å². The predicted molar refractivity (Wildman–Crippen MR) is 119 cm³/mol. The molecule has 3 aromatic rings.